The summed E-state index contributed by atoms with van der Waals surface area (Å²) in [5.41, 5.74) is 3.40. The summed E-state index contributed by atoms with van der Waals surface area (Å²) in [5.74, 6) is 2.11. The van der Waals surface area contributed by atoms with Crippen molar-refractivity contribution in [3.8, 4) is 5.88 Å². The molecular weight excluding hydrogens is 536 g/mol. The summed E-state index contributed by atoms with van der Waals surface area (Å²) >= 11 is 0. The van der Waals surface area contributed by atoms with Gasteiger partial charge in [-0.05, 0) is 73.6 Å². The lowest BCUT2D eigenvalue weighted by atomic mass is 9.96. The molecule has 0 saturated carbocycles. The Morgan fingerprint density at radius 2 is 1.74 bits per heavy atom. The third kappa shape index (κ3) is 8.29. The first-order chi connectivity index (χ1) is 20.9. The van der Waals surface area contributed by atoms with Crippen molar-refractivity contribution in [2.24, 2.45) is 11.8 Å². The Labute approximate surface area is 257 Å². The summed E-state index contributed by atoms with van der Waals surface area (Å²) in [7, 11) is 0. The van der Waals surface area contributed by atoms with Crippen LogP contribution in [0, 0.1) is 11.8 Å². The summed E-state index contributed by atoms with van der Waals surface area (Å²) in [5, 5.41) is 2.64. The number of aryl methyl sites for hydroxylation is 1. The standard InChI is InChI=1S/C36H48N4O3/c1-27(2)24-28(3)25-35(41)43-26-40-29(4)14-15-31-16-17-34(37-36(31)40)42-23-8-7-18-38-19-21-39(22-20-38)33-13-9-11-30-10-5-6-12-32(30)33/h5-6,9-13,16-17,27-28H,4,7-8,14-15,18-26H2,1-3H3. The highest BCUT2D eigenvalue weighted by molar-refractivity contribution is 5.94. The first-order valence-corrected chi connectivity index (χ1v) is 16.1. The number of carbonyl (C=O) groups excluding carboxylic acids is 1. The number of unbranched alkanes of at least 4 members (excludes halogenated alkanes) is 1. The van der Waals surface area contributed by atoms with Gasteiger partial charge in [0, 0.05) is 55.4 Å². The first-order valence-electron chi connectivity index (χ1n) is 16.1. The smallest absolute Gasteiger partial charge is 0.307 e. The summed E-state index contributed by atoms with van der Waals surface area (Å²) in [4.78, 5) is 24.3. The molecule has 2 aromatic carbocycles. The average Bonchev–Trinajstić information content (AvgIpc) is 3.00. The molecule has 5 rings (SSSR count). The monoisotopic (exact) mass is 584 g/mol. The number of hydrogen-bond acceptors (Lipinski definition) is 7. The van der Waals surface area contributed by atoms with Gasteiger partial charge in [0.15, 0.2) is 6.73 Å². The number of rotatable bonds is 13. The van der Waals surface area contributed by atoms with Crippen LogP contribution >= 0.6 is 0 Å². The second kappa shape index (κ2) is 14.7. The summed E-state index contributed by atoms with van der Waals surface area (Å²) in [6, 6.07) is 19.3. The molecule has 0 aliphatic carbocycles. The van der Waals surface area contributed by atoms with Crippen LogP contribution in [0.1, 0.15) is 58.4 Å². The molecular formula is C36H48N4O3. The summed E-state index contributed by atoms with van der Waals surface area (Å²) in [6.07, 6.45) is 5.22. The lowest BCUT2D eigenvalue weighted by Crippen LogP contribution is -2.46. The Hall–Kier alpha value is -3.58. The number of piperazine rings is 1. The minimum Gasteiger partial charge on any atom is -0.478 e. The van der Waals surface area contributed by atoms with Crippen molar-refractivity contribution in [2.45, 2.75) is 59.3 Å². The maximum Gasteiger partial charge on any atom is 0.307 e. The Kier molecular flexibility index (Phi) is 10.6. The third-order valence-corrected chi connectivity index (χ3v) is 8.59. The second-order valence-electron chi connectivity index (χ2n) is 12.6. The fourth-order valence-electron chi connectivity index (χ4n) is 6.36. The molecule has 43 heavy (non-hydrogen) atoms. The van der Waals surface area contributed by atoms with Gasteiger partial charge in [-0.25, -0.2) is 0 Å². The highest BCUT2D eigenvalue weighted by Gasteiger charge is 2.24. The van der Waals surface area contributed by atoms with E-state index >= 15 is 0 Å². The van der Waals surface area contributed by atoms with Crippen molar-refractivity contribution in [3.05, 3.63) is 72.4 Å². The lowest BCUT2D eigenvalue weighted by Gasteiger charge is -2.36. The minimum atomic E-state index is -0.171. The second-order valence-corrected chi connectivity index (χ2v) is 12.6. The number of carbonyl (C=O) groups is 1. The van der Waals surface area contributed by atoms with E-state index in [4.69, 9.17) is 14.5 Å². The van der Waals surface area contributed by atoms with Crippen molar-refractivity contribution in [2.75, 3.05) is 55.9 Å². The van der Waals surface area contributed by atoms with E-state index in [1.54, 1.807) is 0 Å². The molecule has 2 aliphatic rings. The van der Waals surface area contributed by atoms with Crippen molar-refractivity contribution in [3.63, 3.8) is 0 Å². The number of aromatic nitrogens is 1. The average molecular weight is 585 g/mol. The van der Waals surface area contributed by atoms with Crippen molar-refractivity contribution >= 4 is 28.2 Å². The van der Waals surface area contributed by atoms with Crippen LogP contribution in [-0.4, -0.2) is 61.9 Å². The van der Waals surface area contributed by atoms with Gasteiger partial charge in [-0.15, -0.1) is 0 Å². The van der Waals surface area contributed by atoms with E-state index in [1.165, 1.54) is 16.5 Å². The number of ether oxygens (including phenoxy) is 2. The van der Waals surface area contributed by atoms with Gasteiger partial charge in [-0.1, -0.05) is 63.7 Å². The Balaban J connectivity index is 1.05. The highest BCUT2D eigenvalue weighted by atomic mass is 16.5. The van der Waals surface area contributed by atoms with Gasteiger partial charge in [0.05, 0.1) is 6.61 Å². The topological polar surface area (TPSA) is 58.1 Å². The molecule has 230 valence electrons. The van der Waals surface area contributed by atoms with Crippen LogP contribution in [0.4, 0.5) is 11.5 Å². The van der Waals surface area contributed by atoms with E-state index in [1.807, 2.05) is 11.0 Å². The van der Waals surface area contributed by atoms with Gasteiger partial charge in [0.2, 0.25) is 5.88 Å². The number of pyridine rings is 1. The van der Waals surface area contributed by atoms with E-state index in [0.29, 0.717) is 30.7 Å². The predicted molar refractivity (Wildman–Crippen MR) is 176 cm³/mol. The van der Waals surface area contributed by atoms with E-state index in [2.05, 4.69) is 85.7 Å². The van der Waals surface area contributed by atoms with Crippen molar-refractivity contribution in [1.29, 1.82) is 0 Å². The van der Waals surface area contributed by atoms with Crippen LogP contribution < -0.4 is 14.5 Å². The number of anilines is 2. The number of nitrogens with zero attached hydrogens (tertiary/aromatic N) is 4. The fourth-order valence-corrected chi connectivity index (χ4v) is 6.36. The molecule has 7 heteroatoms. The van der Waals surface area contributed by atoms with E-state index in [-0.39, 0.29) is 12.7 Å². The minimum absolute atomic E-state index is 0.142. The Morgan fingerprint density at radius 1 is 0.953 bits per heavy atom. The number of hydrogen-bond donors (Lipinski definition) is 0. The molecule has 1 unspecified atom stereocenters. The zero-order chi connectivity index (χ0) is 30.2. The Bertz CT molecular complexity index is 1380. The van der Waals surface area contributed by atoms with E-state index in [0.717, 1.165) is 81.9 Å². The molecule has 7 nitrogen and oxygen atoms in total. The molecule has 0 N–H and O–H groups in total. The van der Waals surface area contributed by atoms with Crippen molar-refractivity contribution < 1.29 is 14.3 Å². The van der Waals surface area contributed by atoms with Crippen LogP contribution in [0.5, 0.6) is 5.88 Å². The van der Waals surface area contributed by atoms with Gasteiger partial charge in [-0.2, -0.15) is 4.98 Å². The molecule has 3 aromatic rings. The van der Waals surface area contributed by atoms with E-state index < -0.39 is 0 Å². The number of allylic oxidation sites excluding steroid dienone is 1. The lowest BCUT2D eigenvalue weighted by molar-refractivity contribution is -0.144. The van der Waals surface area contributed by atoms with Gasteiger partial charge < -0.3 is 14.4 Å². The first kappa shape index (κ1) is 30.9. The molecule has 2 aliphatic heterocycles. The van der Waals surface area contributed by atoms with Gasteiger partial charge in [0.25, 0.3) is 0 Å². The van der Waals surface area contributed by atoms with Crippen LogP contribution in [0.15, 0.2) is 66.9 Å². The molecule has 0 bridgehead atoms. The van der Waals surface area contributed by atoms with Gasteiger partial charge >= 0.3 is 5.97 Å². The largest absolute Gasteiger partial charge is 0.478 e. The number of fused-ring (bicyclic) bond motifs is 2. The summed E-state index contributed by atoms with van der Waals surface area (Å²) < 4.78 is 11.7. The quantitative estimate of drug-likeness (QED) is 0.158. The zero-order valence-electron chi connectivity index (χ0n) is 26.3. The van der Waals surface area contributed by atoms with E-state index in [9.17, 15) is 4.79 Å². The number of benzene rings is 2. The van der Waals surface area contributed by atoms with Gasteiger partial charge in [0.1, 0.15) is 5.82 Å². The molecule has 1 atom stereocenters. The van der Waals surface area contributed by atoms with Crippen LogP contribution in [0.3, 0.4) is 0 Å². The molecule has 0 amide bonds. The predicted octanol–water partition coefficient (Wildman–Crippen LogP) is 7.06. The molecule has 1 saturated heterocycles. The van der Waals surface area contributed by atoms with Crippen LogP contribution in [-0.2, 0) is 16.0 Å². The molecule has 1 aromatic heterocycles. The molecule has 0 spiro atoms. The molecule has 1 fully saturated rings. The SMILES string of the molecule is C=C1CCc2ccc(OCCCCN3CCN(c4cccc5ccccc45)CC3)nc2N1COC(=O)CC(C)CC(C)C. The Morgan fingerprint density at radius 3 is 2.56 bits per heavy atom. The van der Waals surface area contributed by atoms with Crippen LogP contribution in [0.25, 0.3) is 10.8 Å². The number of esters is 1. The van der Waals surface area contributed by atoms with Crippen LogP contribution in [0.2, 0.25) is 0 Å². The zero-order valence-corrected chi connectivity index (χ0v) is 26.3. The third-order valence-electron chi connectivity index (χ3n) is 8.59. The fraction of sp³-hybridized carbons (Fsp3) is 0.500. The maximum absolute atomic E-state index is 12.5. The molecule has 0 radical (unpaired) electrons. The van der Waals surface area contributed by atoms with Gasteiger partial charge in [-0.3, -0.25) is 14.6 Å². The summed E-state index contributed by atoms with van der Waals surface area (Å²) in [6.45, 7) is 16.8. The molecule has 3 heterocycles. The highest BCUT2D eigenvalue weighted by Crippen LogP contribution is 2.32. The normalized spacial score (nSPS) is 16.4. The maximum atomic E-state index is 12.5. The van der Waals surface area contributed by atoms with Crippen molar-refractivity contribution in [1.82, 2.24) is 9.88 Å².